The minimum Gasteiger partial charge on any atom is -0.490 e. The van der Waals surface area contributed by atoms with Crippen LogP contribution in [0.4, 0.5) is 5.82 Å². The van der Waals surface area contributed by atoms with Gasteiger partial charge < -0.3 is 19.1 Å². The minimum absolute atomic E-state index is 0.425. The number of rotatable bonds is 10. The number of hydrogen-bond donors (Lipinski definition) is 0. The predicted octanol–water partition coefficient (Wildman–Crippen LogP) is 3.75. The second-order valence-electron chi connectivity index (χ2n) is 11.4. The van der Waals surface area contributed by atoms with Crippen molar-refractivity contribution in [1.29, 1.82) is 0 Å². The molecule has 8 heterocycles. The maximum absolute atomic E-state index is 6.09. The third-order valence-corrected chi connectivity index (χ3v) is 8.61. The molecule has 3 saturated heterocycles. The quantitative estimate of drug-likeness (QED) is 0.276. The topological polar surface area (TPSA) is 89.6 Å². The molecule has 1 saturated carbocycles. The number of hydrogen-bond acceptors (Lipinski definition) is 9. The van der Waals surface area contributed by atoms with Crippen LogP contribution in [0.15, 0.2) is 53.9 Å². The first-order valence-corrected chi connectivity index (χ1v) is 14.5. The first kappa shape index (κ1) is 24.8. The number of methoxy groups -OCH3 is 1. The maximum atomic E-state index is 6.09. The normalized spacial score (nSPS) is 21.2. The van der Waals surface area contributed by atoms with Crippen LogP contribution < -0.4 is 14.4 Å². The molecule has 4 aromatic heterocycles. The summed E-state index contributed by atoms with van der Waals surface area (Å²) in [4.78, 5) is 18.8. The van der Waals surface area contributed by atoms with Crippen molar-refractivity contribution in [2.45, 2.75) is 50.5 Å². The summed E-state index contributed by atoms with van der Waals surface area (Å²) in [5.41, 5.74) is 6.43. The first-order chi connectivity index (χ1) is 20.2. The Balaban J connectivity index is 0.991. The van der Waals surface area contributed by atoms with Crippen LogP contribution in [0.25, 0.3) is 16.6 Å². The van der Waals surface area contributed by atoms with E-state index in [1.165, 1.54) is 12.0 Å². The van der Waals surface area contributed by atoms with Crippen LogP contribution in [0, 0.1) is 0 Å². The lowest BCUT2D eigenvalue weighted by Gasteiger charge is -2.56. The molecule has 0 N–H and O–H groups in total. The van der Waals surface area contributed by atoms with E-state index in [-0.39, 0.29) is 0 Å². The number of aliphatic imine (C=N–C) groups is 1. The van der Waals surface area contributed by atoms with E-state index in [1.807, 2.05) is 35.4 Å². The van der Waals surface area contributed by atoms with Gasteiger partial charge in [-0.15, -0.1) is 0 Å². The number of piperidine rings is 1. The van der Waals surface area contributed by atoms with Crippen LogP contribution in [0.2, 0.25) is 0 Å². The van der Waals surface area contributed by atoms with Crippen LogP contribution in [0.5, 0.6) is 11.6 Å². The summed E-state index contributed by atoms with van der Waals surface area (Å²) in [6.07, 6.45) is 11.8. The van der Waals surface area contributed by atoms with Gasteiger partial charge in [0.05, 0.1) is 43.8 Å². The summed E-state index contributed by atoms with van der Waals surface area (Å²) in [7, 11) is 1.65. The Morgan fingerprint density at radius 1 is 1.00 bits per heavy atom. The molecule has 41 heavy (non-hydrogen) atoms. The molecule has 10 nitrogen and oxygen atoms in total. The highest BCUT2D eigenvalue weighted by Gasteiger charge is 2.44. The molecule has 2 bridgehead atoms. The number of piperazine rings is 1. The number of fused-ring (bicyclic) bond motifs is 5. The van der Waals surface area contributed by atoms with Gasteiger partial charge in [0.1, 0.15) is 18.2 Å². The fraction of sp³-hybridized carbons (Fsp3) is 0.419. The molecular weight excluding hydrogens is 518 g/mol. The van der Waals surface area contributed by atoms with Crippen molar-refractivity contribution >= 4 is 17.5 Å². The molecule has 1 aliphatic carbocycles. The highest BCUT2D eigenvalue weighted by atomic mass is 16.5. The molecule has 2 unspecified atom stereocenters. The summed E-state index contributed by atoms with van der Waals surface area (Å²) < 4.78 is 19.0. The molecule has 4 fully saturated rings. The monoisotopic (exact) mass is 551 g/mol. The molecule has 10 heteroatoms. The number of pyridine rings is 3. The lowest BCUT2D eigenvalue weighted by Crippen LogP contribution is -2.68. The summed E-state index contributed by atoms with van der Waals surface area (Å²) in [5.74, 6) is 2.45. The molecule has 0 radical (unpaired) electrons. The summed E-state index contributed by atoms with van der Waals surface area (Å²) in [6.45, 7) is 4.62. The van der Waals surface area contributed by atoms with Gasteiger partial charge in [-0.25, -0.2) is 14.5 Å². The summed E-state index contributed by atoms with van der Waals surface area (Å²) in [6, 6.07) is 11.5. The van der Waals surface area contributed by atoms with Crippen LogP contribution in [0.3, 0.4) is 0 Å². The first-order valence-electron chi connectivity index (χ1n) is 14.5. The Morgan fingerprint density at radius 2 is 1.90 bits per heavy atom. The highest BCUT2D eigenvalue weighted by Crippen LogP contribution is 2.37. The van der Waals surface area contributed by atoms with E-state index in [0.29, 0.717) is 43.8 Å². The maximum Gasteiger partial charge on any atom is 0.212 e. The molecule has 0 spiro atoms. The van der Waals surface area contributed by atoms with Crippen LogP contribution >= 0.6 is 0 Å². The average molecular weight is 552 g/mol. The van der Waals surface area contributed by atoms with Gasteiger partial charge in [0.25, 0.3) is 0 Å². The zero-order valence-electron chi connectivity index (χ0n) is 23.1. The van der Waals surface area contributed by atoms with Crippen molar-refractivity contribution in [3.63, 3.8) is 0 Å². The van der Waals surface area contributed by atoms with Gasteiger partial charge in [-0.3, -0.25) is 9.89 Å². The average Bonchev–Trinajstić information content (AvgIpc) is 3.62. The lowest BCUT2D eigenvalue weighted by molar-refractivity contribution is -0.00876. The van der Waals surface area contributed by atoms with Crippen molar-refractivity contribution in [2.24, 2.45) is 4.99 Å². The Hall–Kier alpha value is -4.02. The zero-order chi connectivity index (χ0) is 27.3. The van der Waals surface area contributed by atoms with Crippen LogP contribution in [-0.4, -0.2) is 82.3 Å². The van der Waals surface area contributed by atoms with Crippen molar-refractivity contribution < 1.29 is 14.2 Å². The predicted molar refractivity (Wildman–Crippen MR) is 155 cm³/mol. The zero-order valence-corrected chi connectivity index (χ0v) is 23.1. The van der Waals surface area contributed by atoms with E-state index in [1.54, 1.807) is 7.11 Å². The molecular formula is C31H33N7O3. The Kier molecular flexibility index (Phi) is 6.10. The number of aromatic nitrogens is 4. The second-order valence-corrected chi connectivity index (χ2v) is 11.4. The van der Waals surface area contributed by atoms with E-state index in [4.69, 9.17) is 24.3 Å². The minimum atomic E-state index is 0.425. The molecule has 2 atom stereocenters. The van der Waals surface area contributed by atoms with Crippen molar-refractivity contribution in [2.75, 3.05) is 38.3 Å². The van der Waals surface area contributed by atoms with Gasteiger partial charge in [-0.05, 0) is 43.0 Å². The van der Waals surface area contributed by atoms with E-state index in [2.05, 4.69) is 44.0 Å². The largest absolute Gasteiger partial charge is 0.490 e. The fourth-order valence-electron chi connectivity index (χ4n) is 6.31. The highest BCUT2D eigenvalue weighted by molar-refractivity contribution is 5.99. The van der Waals surface area contributed by atoms with Gasteiger partial charge in [0.2, 0.25) is 5.88 Å². The number of anilines is 1. The third-order valence-electron chi connectivity index (χ3n) is 8.61. The van der Waals surface area contributed by atoms with Gasteiger partial charge in [0.15, 0.2) is 0 Å². The second kappa shape index (κ2) is 10.1. The third kappa shape index (κ3) is 4.70. The lowest BCUT2D eigenvalue weighted by atomic mass is 9.87. The van der Waals surface area contributed by atoms with E-state index >= 15 is 0 Å². The van der Waals surface area contributed by atoms with Crippen LogP contribution in [-0.2, 0) is 17.8 Å². The van der Waals surface area contributed by atoms with Gasteiger partial charge >= 0.3 is 0 Å². The SMILES string of the molecule is COc1ccc(CN2C3CC2CN(c2ccc(-c4cc(OCCOC5CC5)cn5nc6c(c45)C=NC6)cn2)C3)cn1. The number of nitrogens with zero attached hydrogens (tertiary/aromatic N) is 7. The van der Waals surface area contributed by atoms with Gasteiger partial charge in [-0.1, -0.05) is 6.07 Å². The molecule has 5 aliphatic rings. The smallest absolute Gasteiger partial charge is 0.212 e. The van der Waals surface area contributed by atoms with Gasteiger partial charge in [0, 0.05) is 73.1 Å². The Morgan fingerprint density at radius 3 is 2.66 bits per heavy atom. The molecule has 9 rings (SSSR count). The van der Waals surface area contributed by atoms with E-state index < -0.39 is 0 Å². The summed E-state index contributed by atoms with van der Waals surface area (Å²) in [5, 5.41) is 4.79. The number of ether oxygens (including phenoxy) is 3. The molecule has 0 aromatic carbocycles. The van der Waals surface area contributed by atoms with E-state index in [9.17, 15) is 0 Å². The Bertz CT molecular complexity index is 1590. The Labute approximate surface area is 238 Å². The fourth-order valence-corrected chi connectivity index (χ4v) is 6.31. The summed E-state index contributed by atoms with van der Waals surface area (Å²) >= 11 is 0. The molecule has 4 aliphatic heterocycles. The van der Waals surface area contributed by atoms with Crippen molar-refractivity contribution in [1.82, 2.24) is 24.5 Å². The van der Waals surface area contributed by atoms with Crippen LogP contribution in [0.1, 0.15) is 36.1 Å². The molecule has 210 valence electrons. The molecule has 0 amide bonds. The van der Waals surface area contributed by atoms with Crippen molar-refractivity contribution in [3.8, 4) is 22.8 Å². The van der Waals surface area contributed by atoms with E-state index in [0.717, 1.165) is 71.9 Å². The molecule has 4 aromatic rings. The van der Waals surface area contributed by atoms with Crippen molar-refractivity contribution in [3.05, 3.63) is 65.7 Å². The van der Waals surface area contributed by atoms with Gasteiger partial charge in [-0.2, -0.15) is 5.10 Å². The standard InChI is InChI=1S/C31H33N7O3/c1-39-30-7-2-20(12-34-30)16-37-22-10-23(37)18-36(17-22)29-6-3-21(13-33-29)26-11-25(41-9-8-40-24-4-5-24)19-38-31(26)27-14-32-15-28(27)35-38/h2-3,6-7,11-14,19,22-24H,4-5,8-10,15-18H2,1H3.